The van der Waals surface area contributed by atoms with Crippen LogP contribution in [0.4, 0.5) is 8.78 Å². The normalized spacial score (nSPS) is 12.1. The zero-order chi connectivity index (χ0) is 23.3. The molecule has 170 valence electrons. The molecule has 1 atom stereocenters. The Morgan fingerprint density at radius 1 is 1.09 bits per heavy atom. The van der Waals surface area contributed by atoms with Gasteiger partial charge in [-0.1, -0.05) is 18.2 Å². The van der Waals surface area contributed by atoms with Gasteiger partial charge in [-0.2, -0.15) is 8.78 Å². The van der Waals surface area contributed by atoms with E-state index in [9.17, 15) is 18.4 Å². The largest absolute Gasteiger partial charge is 0.466 e. The van der Waals surface area contributed by atoms with E-state index >= 15 is 0 Å². The zero-order valence-corrected chi connectivity index (χ0v) is 19.0. The molecule has 0 N–H and O–H groups in total. The minimum Gasteiger partial charge on any atom is -0.466 e. The topological polar surface area (TPSA) is 79.1 Å². The summed E-state index contributed by atoms with van der Waals surface area (Å²) in [6, 6.07) is 9.54. The van der Waals surface area contributed by atoms with E-state index in [0.29, 0.717) is 15.8 Å². The van der Waals surface area contributed by atoms with Crippen molar-refractivity contribution >= 4 is 33.5 Å². The van der Waals surface area contributed by atoms with Gasteiger partial charge in [-0.05, 0) is 48.0 Å². The molecule has 0 aliphatic rings. The fourth-order valence-corrected chi connectivity index (χ4v) is 3.77. The first-order valence-corrected chi connectivity index (χ1v) is 10.7. The van der Waals surface area contributed by atoms with Crippen molar-refractivity contribution < 1.29 is 32.6 Å². The molecule has 0 aliphatic carbocycles. The van der Waals surface area contributed by atoms with Gasteiger partial charge in [0.2, 0.25) is 0 Å². The number of rotatable bonds is 9. The zero-order valence-electron chi connectivity index (χ0n) is 17.4. The molecule has 0 bridgehead atoms. The Hall–Kier alpha value is -3.01. The fourth-order valence-electron chi connectivity index (χ4n) is 3.43. The van der Waals surface area contributed by atoms with E-state index in [0.717, 1.165) is 0 Å². The molecule has 1 unspecified atom stereocenters. The van der Waals surface area contributed by atoms with Crippen LogP contribution in [0.1, 0.15) is 47.9 Å². The van der Waals surface area contributed by atoms with Gasteiger partial charge in [-0.3, -0.25) is 4.79 Å². The summed E-state index contributed by atoms with van der Waals surface area (Å²) in [5.41, 5.74) is 0.991. The summed E-state index contributed by atoms with van der Waals surface area (Å²) in [5.74, 6) is -2.25. The van der Waals surface area contributed by atoms with E-state index in [1.54, 1.807) is 54.8 Å². The molecule has 10 heteroatoms. The van der Waals surface area contributed by atoms with Gasteiger partial charge in [0.25, 0.3) is 0 Å². The van der Waals surface area contributed by atoms with Crippen molar-refractivity contribution in [3.63, 3.8) is 0 Å². The first-order valence-electron chi connectivity index (χ1n) is 9.89. The number of fused-ring (bicyclic) bond motifs is 1. The number of halogens is 3. The number of carbonyl (C=O) groups is 2. The lowest BCUT2D eigenvalue weighted by Crippen LogP contribution is -2.18. The van der Waals surface area contributed by atoms with Gasteiger partial charge in [-0.15, -0.1) is 0 Å². The standard InChI is InChI=1S/C22H21BrF2N2O5/c1-3-30-18(28)11-15(14-7-5-6-8-16(14)32-22(24)25)20-19(21(29)31-4-2)26-17-10-9-13(23)12-27(17)20/h5-10,12,15,22H,3-4,11H2,1-2H3. The molecule has 0 amide bonds. The van der Waals surface area contributed by atoms with Crippen molar-refractivity contribution in [2.24, 2.45) is 0 Å². The van der Waals surface area contributed by atoms with Gasteiger partial charge in [-0.25, -0.2) is 9.78 Å². The molecular weight excluding hydrogens is 490 g/mol. The summed E-state index contributed by atoms with van der Waals surface area (Å²) in [4.78, 5) is 29.6. The molecular formula is C22H21BrF2N2O5. The lowest BCUT2D eigenvalue weighted by Gasteiger charge is -2.21. The highest BCUT2D eigenvalue weighted by Crippen LogP contribution is 2.38. The highest BCUT2D eigenvalue weighted by molar-refractivity contribution is 9.10. The molecule has 0 spiro atoms. The van der Waals surface area contributed by atoms with Crippen molar-refractivity contribution in [3.8, 4) is 5.75 Å². The monoisotopic (exact) mass is 510 g/mol. The van der Waals surface area contributed by atoms with Crippen LogP contribution in [0.2, 0.25) is 0 Å². The Bertz CT molecular complexity index is 1120. The second kappa shape index (κ2) is 10.5. The first-order chi connectivity index (χ1) is 15.3. The van der Waals surface area contributed by atoms with Gasteiger partial charge in [0, 0.05) is 22.2 Å². The second-order valence-corrected chi connectivity index (χ2v) is 7.54. The maximum absolute atomic E-state index is 13.1. The van der Waals surface area contributed by atoms with Crippen LogP contribution >= 0.6 is 15.9 Å². The molecule has 2 heterocycles. The second-order valence-electron chi connectivity index (χ2n) is 6.62. The van der Waals surface area contributed by atoms with Gasteiger partial charge in [0.1, 0.15) is 11.4 Å². The maximum Gasteiger partial charge on any atom is 0.387 e. The molecule has 0 aliphatic heterocycles. The van der Waals surface area contributed by atoms with Crippen molar-refractivity contribution in [2.45, 2.75) is 32.8 Å². The Morgan fingerprint density at radius 2 is 1.81 bits per heavy atom. The average molecular weight is 511 g/mol. The van der Waals surface area contributed by atoms with Crippen LogP contribution in [0.25, 0.3) is 5.65 Å². The number of pyridine rings is 1. The van der Waals surface area contributed by atoms with Crippen LogP contribution < -0.4 is 4.74 Å². The molecule has 32 heavy (non-hydrogen) atoms. The van der Waals surface area contributed by atoms with E-state index in [4.69, 9.17) is 14.2 Å². The van der Waals surface area contributed by atoms with E-state index in [2.05, 4.69) is 20.9 Å². The van der Waals surface area contributed by atoms with Crippen LogP contribution in [0, 0.1) is 0 Å². The molecule has 3 rings (SSSR count). The number of aromatic nitrogens is 2. The summed E-state index contributed by atoms with van der Waals surface area (Å²) in [7, 11) is 0. The van der Waals surface area contributed by atoms with Crippen molar-refractivity contribution in [1.82, 2.24) is 9.38 Å². The molecule has 2 aromatic heterocycles. The summed E-state index contributed by atoms with van der Waals surface area (Å²) in [6.07, 6.45) is 1.44. The number of benzene rings is 1. The quantitative estimate of drug-likeness (QED) is 0.378. The number of carbonyl (C=O) groups excluding carboxylic acids is 2. The molecule has 7 nitrogen and oxygen atoms in total. The number of imidazole rings is 1. The summed E-state index contributed by atoms with van der Waals surface area (Å²) < 4.78 is 43.5. The fraction of sp³-hybridized carbons (Fsp3) is 0.318. The molecule has 0 saturated heterocycles. The molecule has 3 aromatic rings. The van der Waals surface area contributed by atoms with E-state index in [1.807, 2.05) is 0 Å². The average Bonchev–Trinajstić information content (AvgIpc) is 3.11. The van der Waals surface area contributed by atoms with Crippen LogP contribution in [-0.4, -0.2) is 41.1 Å². The van der Waals surface area contributed by atoms with E-state index in [1.165, 1.54) is 6.07 Å². The van der Waals surface area contributed by atoms with Crippen LogP contribution in [-0.2, 0) is 14.3 Å². The Kier molecular flexibility index (Phi) is 7.79. The highest BCUT2D eigenvalue weighted by Gasteiger charge is 2.32. The van der Waals surface area contributed by atoms with Crippen LogP contribution in [0.3, 0.4) is 0 Å². The van der Waals surface area contributed by atoms with E-state index in [-0.39, 0.29) is 36.6 Å². The predicted molar refractivity (Wildman–Crippen MR) is 115 cm³/mol. The van der Waals surface area contributed by atoms with Crippen LogP contribution in [0.15, 0.2) is 47.1 Å². The summed E-state index contributed by atoms with van der Waals surface area (Å²) >= 11 is 3.39. The van der Waals surface area contributed by atoms with Gasteiger partial charge < -0.3 is 18.6 Å². The number of hydrogen-bond acceptors (Lipinski definition) is 6. The smallest absolute Gasteiger partial charge is 0.387 e. The Labute approximate surface area is 191 Å². The lowest BCUT2D eigenvalue weighted by atomic mass is 9.90. The van der Waals surface area contributed by atoms with Crippen molar-refractivity contribution in [2.75, 3.05) is 13.2 Å². The number of para-hydroxylation sites is 1. The van der Waals surface area contributed by atoms with Gasteiger partial charge in [0.15, 0.2) is 5.69 Å². The number of hydrogen-bond donors (Lipinski definition) is 0. The predicted octanol–water partition coefficient (Wildman–Crippen LogP) is 4.96. The Balaban J connectivity index is 2.28. The minimum atomic E-state index is -3.07. The number of alkyl halides is 2. The maximum atomic E-state index is 13.1. The van der Waals surface area contributed by atoms with Crippen molar-refractivity contribution in [3.05, 3.63) is 64.0 Å². The van der Waals surface area contributed by atoms with Crippen molar-refractivity contribution in [1.29, 1.82) is 0 Å². The number of nitrogens with zero attached hydrogens (tertiary/aromatic N) is 2. The third kappa shape index (κ3) is 5.24. The minimum absolute atomic E-state index is 0.0221. The molecule has 0 radical (unpaired) electrons. The number of ether oxygens (including phenoxy) is 3. The third-order valence-corrected chi connectivity index (χ3v) is 5.07. The summed E-state index contributed by atoms with van der Waals surface area (Å²) in [5, 5.41) is 0. The molecule has 1 aromatic carbocycles. The summed E-state index contributed by atoms with van der Waals surface area (Å²) in [6.45, 7) is 0.510. The lowest BCUT2D eigenvalue weighted by molar-refractivity contribution is -0.143. The molecule has 0 fully saturated rings. The third-order valence-electron chi connectivity index (χ3n) is 4.60. The highest BCUT2D eigenvalue weighted by atomic mass is 79.9. The molecule has 0 saturated carbocycles. The Morgan fingerprint density at radius 3 is 2.50 bits per heavy atom. The van der Waals surface area contributed by atoms with Crippen LogP contribution in [0.5, 0.6) is 5.75 Å². The van der Waals surface area contributed by atoms with E-state index < -0.39 is 24.5 Å². The van der Waals surface area contributed by atoms with Gasteiger partial charge >= 0.3 is 18.6 Å². The number of esters is 2. The SMILES string of the molecule is CCOC(=O)CC(c1ccccc1OC(F)F)c1c(C(=O)OCC)nc2ccc(Br)cn12. The first kappa shape index (κ1) is 23.6. The van der Waals surface area contributed by atoms with Gasteiger partial charge in [0.05, 0.1) is 25.3 Å².